The van der Waals surface area contributed by atoms with Gasteiger partial charge in [0.25, 0.3) is 0 Å². The van der Waals surface area contributed by atoms with Gasteiger partial charge in [-0.15, -0.1) is 0 Å². The molecule has 0 saturated heterocycles. The highest BCUT2D eigenvalue weighted by atomic mass is 15.0. The molecule has 2 aliphatic carbocycles. The fourth-order valence-corrected chi connectivity index (χ4v) is 1.92. The Morgan fingerprint density at radius 3 is 2.36 bits per heavy atom. The molecule has 2 atom stereocenters. The van der Waals surface area contributed by atoms with Crippen LogP contribution >= 0.6 is 0 Å². The van der Waals surface area contributed by atoms with Gasteiger partial charge < -0.3 is 11.1 Å². The Labute approximate surface area is 68.5 Å². The number of nitrogens with one attached hydrogen (secondary N) is 1. The Morgan fingerprint density at radius 1 is 1.00 bits per heavy atom. The van der Waals surface area contributed by atoms with Crippen molar-refractivity contribution >= 4 is 0 Å². The van der Waals surface area contributed by atoms with E-state index in [1.165, 1.54) is 38.5 Å². The van der Waals surface area contributed by atoms with Gasteiger partial charge in [-0.1, -0.05) is 12.8 Å². The van der Waals surface area contributed by atoms with Crippen molar-refractivity contribution in [2.45, 2.75) is 56.7 Å². The van der Waals surface area contributed by atoms with Gasteiger partial charge in [0.2, 0.25) is 0 Å². The van der Waals surface area contributed by atoms with Crippen LogP contribution in [0.3, 0.4) is 0 Å². The largest absolute Gasteiger partial charge is 0.326 e. The normalized spacial score (nSPS) is 39.0. The first kappa shape index (κ1) is 7.56. The minimum Gasteiger partial charge on any atom is -0.326 e. The Bertz CT molecular complexity index is 132. The van der Waals surface area contributed by atoms with Crippen molar-refractivity contribution in [1.29, 1.82) is 0 Å². The molecule has 2 heteroatoms. The van der Waals surface area contributed by atoms with Gasteiger partial charge in [0, 0.05) is 18.1 Å². The smallest absolute Gasteiger partial charge is 0.0221 e. The lowest BCUT2D eigenvalue weighted by Crippen LogP contribution is -2.47. The minimum atomic E-state index is 0.435. The average Bonchev–Trinajstić information content (AvgIpc) is 2.78. The maximum atomic E-state index is 5.99. The van der Waals surface area contributed by atoms with Crippen LogP contribution in [-0.4, -0.2) is 18.1 Å². The molecule has 2 aliphatic rings. The molecule has 0 amide bonds. The van der Waals surface area contributed by atoms with Crippen LogP contribution in [0.5, 0.6) is 0 Å². The summed E-state index contributed by atoms with van der Waals surface area (Å²) in [5, 5.41) is 3.62. The number of hydrogen-bond donors (Lipinski definition) is 2. The van der Waals surface area contributed by atoms with Crippen molar-refractivity contribution in [3.8, 4) is 0 Å². The van der Waals surface area contributed by atoms with Gasteiger partial charge in [-0.25, -0.2) is 0 Å². The summed E-state index contributed by atoms with van der Waals surface area (Å²) in [6.45, 7) is 0. The number of nitrogens with two attached hydrogens (primary N) is 1. The van der Waals surface area contributed by atoms with Crippen LogP contribution in [0.15, 0.2) is 0 Å². The van der Waals surface area contributed by atoms with Crippen molar-refractivity contribution in [3.05, 3.63) is 0 Å². The predicted octanol–water partition coefficient (Wildman–Crippen LogP) is 1.01. The van der Waals surface area contributed by atoms with Crippen LogP contribution in [0.1, 0.15) is 38.5 Å². The third kappa shape index (κ3) is 1.94. The lowest BCUT2D eigenvalue weighted by atomic mass is 9.91. The van der Waals surface area contributed by atoms with Crippen molar-refractivity contribution in [3.63, 3.8) is 0 Å². The Morgan fingerprint density at radius 2 is 1.73 bits per heavy atom. The van der Waals surface area contributed by atoms with E-state index in [-0.39, 0.29) is 0 Å². The summed E-state index contributed by atoms with van der Waals surface area (Å²) in [4.78, 5) is 0. The van der Waals surface area contributed by atoms with Gasteiger partial charge in [0.05, 0.1) is 0 Å². The summed E-state index contributed by atoms with van der Waals surface area (Å²) in [7, 11) is 0. The van der Waals surface area contributed by atoms with E-state index in [9.17, 15) is 0 Å². The summed E-state index contributed by atoms with van der Waals surface area (Å²) in [5.74, 6) is 0. The summed E-state index contributed by atoms with van der Waals surface area (Å²) in [5.41, 5.74) is 5.99. The molecule has 2 nitrogen and oxygen atoms in total. The average molecular weight is 154 g/mol. The van der Waals surface area contributed by atoms with Gasteiger partial charge >= 0.3 is 0 Å². The predicted molar refractivity (Wildman–Crippen MR) is 46.4 cm³/mol. The van der Waals surface area contributed by atoms with Crippen LogP contribution < -0.4 is 11.1 Å². The van der Waals surface area contributed by atoms with E-state index in [1.54, 1.807) is 0 Å². The van der Waals surface area contributed by atoms with Gasteiger partial charge in [0.15, 0.2) is 0 Å². The molecule has 2 fully saturated rings. The molecule has 0 bridgehead atoms. The highest BCUT2D eigenvalue weighted by molar-refractivity contribution is 4.90. The van der Waals surface area contributed by atoms with Crippen LogP contribution in [0.25, 0.3) is 0 Å². The molecule has 2 saturated carbocycles. The summed E-state index contributed by atoms with van der Waals surface area (Å²) < 4.78 is 0. The molecular formula is C9H18N2. The molecule has 0 spiro atoms. The first-order chi connectivity index (χ1) is 5.36. The van der Waals surface area contributed by atoms with E-state index >= 15 is 0 Å². The molecule has 0 heterocycles. The third-order valence-corrected chi connectivity index (χ3v) is 2.85. The lowest BCUT2D eigenvalue weighted by molar-refractivity contribution is 0.326. The zero-order chi connectivity index (χ0) is 7.68. The van der Waals surface area contributed by atoms with Crippen LogP contribution in [0.4, 0.5) is 0 Å². The number of rotatable bonds is 2. The van der Waals surface area contributed by atoms with Gasteiger partial charge in [-0.3, -0.25) is 0 Å². The second-order valence-corrected chi connectivity index (χ2v) is 4.00. The van der Waals surface area contributed by atoms with E-state index in [0.29, 0.717) is 12.1 Å². The lowest BCUT2D eigenvalue weighted by Gasteiger charge is -2.29. The summed E-state index contributed by atoms with van der Waals surface area (Å²) >= 11 is 0. The van der Waals surface area contributed by atoms with Gasteiger partial charge in [0.1, 0.15) is 0 Å². The Balaban J connectivity index is 1.78. The highest BCUT2D eigenvalue weighted by Gasteiger charge is 2.28. The van der Waals surface area contributed by atoms with E-state index in [1.807, 2.05) is 0 Å². The van der Waals surface area contributed by atoms with Gasteiger partial charge in [-0.2, -0.15) is 0 Å². The fraction of sp³-hybridized carbons (Fsp3) is 1.00. The first-order valence-corrected chi connectivity index (χ1v) is 4.88. The molecule has 0 aromatic heterocycles. The second kappa shape index (κ2) is 3.11. The van der Waals surface area contributed by atoms with Crippen LogP contribution in [0.2, 0.25) is 0 Å². The maximum Gasteiger partial charge on any atom is 0.0221 e. The zero-order valence-corrected chi connectivity index (χ0v) is 7.05. The SMILES string of the molecule is N[C@@H]1CCCC[C@H]1NC1CC1. The second-order valence-electron chi connectivity index (χ2n) is 4.00. The molecular weight excluding hydrogens is 136 g/mol. The minimum absolute atomic E-state index is 0.435. The molecule has 0 aromatic carbocycles. The summed E-state index contributed by atoms with van der Waals surface area (Å²) in [6.07, 6.45) is 8.00. The van der Waals surface area contributed by atoms with E-state index in [0.717, 1.165) is 6.04 Å². The fourth-order valence-electron chi connectivity index (χ4n) is 1.92. The highest BCUT2D eigenvalue weighted by Crippen LogP contribution is 2.24. The number of hydrogen-bond acceptors (Lipinski definition) is 2. The monoisotopic (exact) mass is 154 g/mol. The van der Waals surface area contributed by atoms with E-state index < -0.39 is 0 Å². The standard InChI is InChI=1S/C9H18N2/c10-8-3-1-2-4-9(8)11-7-5-6-7/h7-9,11H,1-6,10H2/t8-,9-/m1/s1. The van der Waals surface area contributed by atoms with E-state index in [2.05, 4.69) is 5.32 Å². The van der Waals surface area contributed by atoms with Crippen molar-refractivity contribution in [2.24, 2.45) is 5.73 Å². The van der Waals surface area contributed by atoms with Gasteiger partial charge in [-0.05, 0) is 25.7 Å². The summed E-state index contributed by atoms with van der Waals surface area (Å²) in [6, 6.07) is 1.89. The molecule has 11 heavy (non-hydrogen) atoms. The molecule has 0 aliphatic heterocycles. The molecule has 0 radical (unpaired) electrons. The topological polar surface area (TPSA) is 38.0 Å². The molecule has 0 aromatic rings. The van der Waals surface area contributed by atoms with Crippen molar-refractivity contribution in [2.75, 3.05) is 0 Å². The molecule has 0 unspecified atom stereocenters. The van der Waals surface area contributed by atoms with Crippen LogP contribution in [-0.2, 0) is 0 Å². The van der Waals surface area contributed by atoms with E-state index in [4.69, 9.17) is 5.73 Å². The first-order valence-electron chi connectivity index (χ1n) is 4.88. The maximum absolute atomic E-state index is 5.99. The quantitative estimate of drug-likeness (QED) is 0.623. The molecule has 64 valence electrons. The third-order valence-electron chi connectivity index (χ3n) is 2.85. The van der Waals surface area contributed by atoms with Crippen molar-refractivity contribution in [1.82, 2.24) is 5.32 Å². The zero-order valence-electron chi connectivity index (χ0n) is 7.05. The van der Waals surface area contributed by atoms with Crippen molar-refractivity contribution < 1.29 is 0 Å². The Kier molecular flexibility index (Phi) is 2.14. The Hall–Kier alpha value is -0.0800. The van der Waals surface area contributed by atoms with Crippen LogP contribution in [0, 0.1) is 0 Å². The molecule has 2 rings (SSSR count). The molecule has 3 N–H and O–H groups in total.